The fourth-order valence-electron chi connectivity index (χ4n) is 3.08. The van der Waals surface area contributed by atoms with Crippen LogP contribution in [0.15, 0.2) is 11.1 Å². The number of carbonyl (C=O) groups is 2. The highest BCUT2D eigenvalue weighted by molar-refractivity contribution is 5.90. The summed E-state index contributed by atoms with van der Waals surface area (Å²) < 4.78 is 0. The smallest absolute Gasteiger partial charge is 0.331 e. The standard InChI is InChI=1S/C12H16O4/c13-11(14)8-5-1-3-7-4-2-6-9(10(7)8)12(15)16/h7-8H,1-6H2,(H,13,14)(H,15,16). The maximum absolute atomic E-state index is 11.2. The molecule has 2 N–H and O–H groups in total. The Labute approximate surface area is 94.0 Å². The first kappa shape index (κ1) is 11.2. The van der Waals surface area contributed by atoms with Gasteiger partial charge in [0, 0.05) is 5.57 Å². The van der Waals surface area contributed by atoms with Crippen LogP contribution in [0.1, 0.15) is 38.5 Å². The number of hydrogen-bond acceptors (Lipinski definition) is 2. The zero-order chi connectivity index (χ0) is 11.7. The topological polar surface area (TPSA) is 74.6 Å². The lowest BCUT2D eigenvalue weighted by atomic mass is 9.69. The average Bonchev–Trinajstić information content (AvgIpc) is 2.27. The van der Waals surface area contributed by atoms with E-state index in [4.69, 9.17) is 10.2 Å². The molecule has 1 saturated carbocycles. The van der Waals surface area contributed by atoms with Crippen LogP contribution in [0.2, 0.25) is 0 Å². The van der Waals surface area contributed by atoms with Crippen LogP contribution in [0.25, 0.3) is 0 Å². The molecule has 0 amide bonds. The molecule has 0 spiro atoms. The fourth-order valence-corrected chi connectivity index (χ4v) is 3.08. The lowest BCUT2D eigenvalue weighted by molar-refractivity contribution is -0.141. The Hall–Kier alpha value is -1.32. The number of carboxylic acids is 2. The molecule has 2 aliphatic carbocycles. The molecule has 0 aromatic heterocycles. The largest absolute Gasteiger partial charge is 0.481 e. The second-order valence-corrected chi connectivity index (χ2v) is 4.65. The highest BCUT2D eigenvalue weighted by atomic mass is 16.4. The highest BCUT2D eigenvalue weighted by Gasteiger charge is 2.37. The number of fused-ring (bicyclic) bond motifs is 1. The van der Waals surface area contributed by atoms with E-state index in [9.17, 15) is 9.59 Å². The molecular formula is C12H16O4. The summed E-state index contributed by atoms with van der Waals surface area (Å²) >= 11 is 0. The number of rotatable bonds is 2. The van der Waals surface area contributed by atoms with Gasteiger partial charge in [-0.1, -0.05) is 6.42 Å². The van der Waals surface area contributed by atoms with Crippen molar-refractivity contribution in [2.24, 2.45) is 11.8 Å². The van der Waals surface area contributed by atoms with Gasteiger partial charge < -0.3 is 10.2 Å². The van der Waals surface area contributed by atoms with Crippen molar-refractivity contribution >= 4 is 11.9 Å². The van der Waals surface area contributed by atoms with Crippen molar-refractivity contribution in [3.63, 3.8) is 0 Å². The summed E-state index contributed by atoms with van der Waals surface area (Å²) in [4.78, 5) is 22.3. The van der Waals surface area contributed by atoms with Crippen LogP contribution in [0.3, 0.4) is 0 Å². The summed E-state index contributed by atoms with van der Waals surface area (Å²) in [5.74, 6) is -2.13. The molecule has 0 heterocycles. The average molecular weight is 224 g/mol. The molecule has 0 radical (unpaired) electrons. The maximum Gasteiger partial charge on any atom is 0.331 e. The van der Waals surface area contributed by atoms with Gasteiger partial charge in [0.15, 0.2) is 0 Å². The van der Waals surface area contributed by atoms with Gasteiger partial charge in [0.25, 0.3) is 0 Å². The van der Waals surface area contributed by atoms with Gasteiger partial charge >= 0.3 is 11.9 Å². The Bertz CT molecular complexity index is 356. The SMILES string of the molecule is O=C(O)C1=C2C(CCC1)CCCC2C(=O)O. The van der Waals surface area contributed by atoms with E-state index in [-0.39, 0.29) is 5.92 Å². The van der Waals surface area contributed by atoms with Crippen LogP contribution in [0.5, 0.6) is 0 Å². The van der Waals surface area contributed by atoms with Gasteiger partial charge in [0.2, 0.25) is 0 Å². The van der Waals surface area contributed by atoms with E-state index in [1.165, 1.54) is 0 Å². The van der Waals surface area contributed by atoms with E-state index in [0.29, 0.717) is 18.4 Å². The molecule has 2 atom stereocenters. The van der Waals surface area contributed by atoms with Crippen LogP contribution in [0, 0.1) is 11.8 Å². The molecule has 0 aromatic carbocycles. The second kappa shape index (κ2) is 4.28. The van der Waals surface area contributed by atoms with Crippen molar-refractivity contribution in [1.82, 2.24) is 0 Å². The van der Waals surface area contributed by atoms with Crippen molar-refractivity contribution in [3.8, 4) is 0 Å². The zero-order valence-corrected chi connectivity index (χ0v) is 9.11. The van der Waals surface area contributed by atoms with Gasteiger partial charge in [-0.3, -0.25) is 4.79 Å². The summed E-state index contributed by atoms with van der Waals surface area (Å²) in [6.07, 6.45) is 4.81. The lowest BCUT2D eigenvalue weighted by Gasteiger charge is -2.35. The normalized spacial score (nSPS) is 29.8. The monoisotopic (exact) mass is 224 g/mol. The minimum Gasteiger partial charge on any atom is -0.481 e. The molecule has 0 aromatic rings. The van der Waals surface area contributed by atoms with Gasteiger partial charge in [-0.25, -0.2) is 4.79 Å². The van der Waals surface area contributed by atoms with E-state index in [2.05, 4.69) is 0 Å². The van der Waals surface area contributed by atoms with Crippen molar-refractivity contribution < 1.29 is 19.8 Å². The molecule has 2 aliphatic rings. The molecule has 1 fully saturated rings. The van der Waals surface area contributed by atoms with Crippen LogP contribution in [-0.4, -0.2) is 22.2 Å². The van der Waals surface area contributed by atoms with Crippen molar-refractivity contribution in [2.75, 3.05) is 0 Å². The van der Waals surface area contributed by atoms with Crippen LogP contribution in [-0.2, 0) is 9.59 Å². The fraction of sp³-hybridized carbons (Fsp3) is 0.667. The van der Waals surface area contributed by atoms with Gasteiger partial charge in [0.05, 0.1) is 5.92 Å². The Morgan fingerprint density at radius 1 is 1.06 bits per heavy atom. The minimum atomic E-state index is -0.923. The van der Waals surface area contributed by atoms with Crippen molar-refractivity contribution in [3.05, 3.63) is 11.1 Å². The molecular weight excluding hydrogens is 208 g/mol. The van der Waals surface area contributed by atoms with E-state index < -0.39 is 17.9 Å². The van der Waals surface area contributed by atoms with Crippen molar-refractivity contribution in [1.29, 1.82) is 0 Å². The number of aliphatic carboxylic acids is 2. The first-order chi connectivity index (χ1) is 7.61. The molecule has 0 aliphatic heterocycles. The summed E-state index contributed by atoms with van der Waals surface area (Å²) in [5, 5.41) is 18.3. The number of carboxylic acid groups (broad SMARTS) is 2. The Kier molecular flexibility index (Phi) is 2.99. The third-order valence-electron chi connectivity index (χ3n) is 3.74. The Morgan fingerprint density at radius 2 is 1.75 bits per heavy atom. The van der Waals surface area contributed by atoms with Gasteiger partial charge in [0.1, 0.15) is 0 Å². The third-order valence-corrected chi connectivity index (χ3v) is 3.74. The Morgan fingerprint density at radius 3 is 2.38 bits per heavy atom. The molecule has 0 bridgehead atoms. The molecule has 4 nitrogen and oxygen atoms in total. The van der Waals surface area contributed by atoms with E-state index in [0.717, 1.165) is 31.3 Å². The van der Waals surface area contributed by atoms with Crippen LogP contribution < -0.4 is 0 Å². The predicted octanol–water partition coefficient (Wildman–Crippen LogP) is 2.05. The first-order valence-electron chi connectivity index (χ1n) is 5.80. The summed E-state index contributed by atoms with van der Waals surface area (Å²) in [7, 11) is 0. The van der Waals surface area contributed by atoms with Gasteiger partial charge in [-0.2, -0.15) is 0 Å². The maximum atomic E-state index is 11.2. The quantitative estimate of drug-likeness (QED) is 0.752. The summed E-state index contributed by atoms with van der Waals surface area (Å²) in [6.45, 7) is 0. The third kappa shape index (κ3) is 1.84. The molecule has 2 rings (SSSR count). The minimum absolute atomic E-state index is 0.203. The Balaban J connectivity index is 2.42. The van der Waals surface area contributed by atoms with E-state index in [1.807, 2.05) is 0 Å². The predicted molar refractivity (Wildman–Crippen MR) is 57.0 cm³/mol. The lowest BCUT2D eigenvalue weighted by Crippen LogP contribution is -2.30. The van der Waals surface area contributed by atoms with Crippen LogP contribution >= 0.6 is 0 Å². The summed E-state index contributed by atoms with van der Waals surface area (Å²) in [5.41, 5.74) is 1.10. The second-order valence-electron chi connectivity index (χ2n) is 4.65. The van der Waals surface area contributed by atoms with E-state index >= 15 is 0 Å². The van der Waals surface area contributed by atoms with Crippen LogP contribution in [0.4, 0.5) is 0 Å². The van der Waals surface area contributed by atoms with Gasteiger partial charge in [-0.15, -0.1) is 0 Å². The molecule has 16 heavy (non-hydrogen) atoms. The molecule has 88 valence electrons. The number of hydrogen-bond donors (Lipinski definition) is 2. The van der Waals surface area contributed by atoms with Gasteiger partial charge in [-0.05, 0) is 43.6 Å². The first-order valence-corrected chi connectivity index (χ1v) is 5.80. The van der Waals surface area contributed by atoms with E-state index in [1.54, 1.807) is 0 Å². The highest BCUT2D eigenvalue weighted by Crippen LogP contribution is 2.43. The molecule has 2 unspecified atom stereocenters. The van der Waals surface area contributed by atoms with Crippen molar-refractivity contribution in [2.45, 2.75) is 38.5 Å². The molecule has 0 saturated heterocycles. The molecule has 4 heteroatoms. The zero-order valence-electron chi connectivity index (χ0n) is 9.11. The summed E-state index contributed by atoms with van der Waals surface area (Å²) in [6, 6.07) is 0.